The molecule has 0 radical (unpaired) electrons. The van der Waals surface area contributed by atoms with E-state index < -0.39 is 12.6 Å². The molecule has 0 bridgehead atoms. The highest BCUT2D eigenvalue weighted by molar-refractivity contribution is 5.80. The summed E-state index contributed by atoms with van der Waals surface area (Å²) in [4.78, 5) is 4.08. The molecule has 0 spiro atoms. The zero-order chi connectivity index (χ0) is 18.1. The van der Waals surface area contributed by atoms with E-state index in [1.165, 1.54) is 10.9 Å². The van der Waals surface area contributed by atoms with Crippen molar-refractivity contribution in [1.82, 2.24) is 15.2 Å². The van der Waals surface area contributed by atoms with Crippen LogP contribution in [0.4, 0.5) is 13.2 Å². The van der Waals surface area contributed by atoms with Gasteiger partial charge in [0.1, 0.15) is 0 Å². The van der Waals surface area contributed by atoms with Crippen LogP contribution < -0.4 is 10.6 Å². The molecule has 7 heteroatoms. The summed E-state index contributed by atoms with van der Waals surface area (Å²) < 4.78 is 38.4. The minimum Gasteiger partial charge on any atom is -0.356 e. The van der Waals surface area contributed by atoms with Gasteiger partial charge in [-0.1, -0.05) is 18.2 Å². The van der Waals surface area contributed by atoms with Crippen LogP contribution in [0.5, 0.6) is 0 Å². The first-order valence-electron chi connectivity index (χ1n) is 8.55. The summed E-state index contributed by atoms with van der Waals surface area (Å²) in [5, 5.41) is 7.46. The Morgan fingerprint density at radius 1 is 1.04 bits per heavy atom. The van der Waals surface area contributed by atoms with Gasteiger partial charge in [-0.05, 0) is 36.8 Å². The normalized spacial score (nSPS) is 12.6. The van der Waals surface area contributed by atoms with Crippen LogP contribution in [0.1, 0.15) is 25.7 Å². The van der Waals surface area contributed by atoms with Crippen molar-refractivity contribution < 1.29 is 13.2 Å². The maximum absolute atomic E-state index is 12.1. The predicted molar refractivity (Wildman–Crippen MR) is 95.8 cm³/mol. The molecule has 2 N–H and O–H groups in total. The van der Waals surface area contributed by atoms with Gasteiger partial charge in [0.05, 0.1) is 0 Å². The lowest BCUT2D eigenvalue weighted by molar-refractivity contribution is -0.135. The van der Waals surface area contributed by atoms with Gasteiger partial charge in [0.15, 0.2) is 5.96 Å². The predicted octanol–water partition coefficient (Wildman–Crippen LogP) is 3.93. The Kier molecular flexibility index (Phi) is 7.16. The van der Waals surface area contributed by atoms with Gasteiger partial charge in [-0.25, -0.2) is 0 Å². The maximum atomic E-state index is 12.1. The molecule has 1 heterocycles. The third kappa shape index (κ3) is 6.68. The molecular weight excluding hydrogens is 329 g/mol. The Labute approximate surface area is 146 Å². The second-order valence-electron chi connectivity index (χ2n) is 5.92. The number of aromatic nitrogens is 1. The van der Waals surface area contributed by atoms with Gasteiger partial charge in [0.2, 0.25) is 0 Å². The van der Waals surface area contributed by atoms with Crippen LogP contribution in [0.2, 0.25) is 0 Å². The SMILES string of the molecule is CN=C(NCCCCC(F)(F)F)NCCCn1ccc2ccccc21. The highest BCUT2D eigenvalue weighted by Gasteiger charge is 2.25. The van der Waals surface area contributed by atoms with E-state index in [1.807, 2.05) is 12.1 Å². The van der Waals surface area contributed by atoms with E-state index in [-0.39, 0.29) is 6.42 Å². The van der Waals surface area contributed by atoms with Crippen molar-refractivity contribution in [3.63, 3.8) is 0 Å². The van der Waals surface area contributed by atoms with E-state index in [4.69, 9.17) is 0 Å². The van der Waals surface area contributed by atoms with Crippen molar-refractivity contribution in [1.29, 1.82) is 0 Å². The number of nitrogens with zero attached hydrogens (tertiary/aromatic N) is 2. The van der Waals surface area contributed by atoms with Crippen molar-refractivity contribution in [3.05, 3.63) is 36.5 Å². The quantitative estimate of drug-likeness (QED) is 0.428. The lowest BCUT2D eigenvalue weighted by atomic mass is 10.2. The van der Waals surface area contributed by atoms with Crippen LogP contribution in [0.25, 0.3) is 10.9 Å². The number of unbranched alkanes of at least 4 members (excludes halogenated alkanes) is 1. The molecule has 0 aliphatic rings. The third-order valence-corrected chi connectivity index (χ3v) is 3.95. The van der Waals surface area contributed by atoms with Crippen molar-refractivity contribution in [2.45, 2.75) is 38.4 Å². The minimum absolute atomic E-state index is 0.133. The van der Waals surface area contributed by atoms with Gasteiger partial charge in [-0.15, -0.1) is 0 Å². The number of halogens is 3. The summed E-state index contributed by atoms with van der Waals surface area (Å²) in [7, 11) is 1.66. The van der Waals surface area contributed by atoms with Crippen molar-refractivity contribution in [2.24, 2.45) is 4.99 Å². The lowest BCUT2D eigenvalue weighted by Gasteiger charge is -2.12. The van der Waals surface area contributed by atoms with E-state index in [9.17, 15) is 13.2 Å². The van der Waals surface area contributed by atoms with Crippen LogP contribution in [-0.4, -0.2) is 36.8 Å². The molecule has 0 aliphatic heterocycles. The number of nitrogens with one attached hydrogen (secondary N) is 2. The molecule has 138 valence electrons. The number of para-hydroxylation sites is 1. The van der Waals surface area contributed by atoms with E-state index in [0.717, 1.165) is 19.5 Å². The number of fused-ring (bicyclic) bond motifs is 1. The van der Waals surface area contributed by atoms with E-state index in [0.29, 0.717) is 18.9 Å². The third-order valence-electron chi connectivity index (χ3n) is 3.95. The number of alkyl halides is 3. The van der Waals surface area contributed by atoms with E-state index in [1.54, 1.807) is 7.05 Å². The number of hydrogen-bond acceptors (Lipinski definition) is 1. The zero-order valence-corrected chi connectivity index (χ0v) is 14.4. The summed E-state index contributed by atoms with van der Waals surface area (Å²) in [5.74, 6) is 0.629. The largest absolute Gasteiger partial charge is 0.389 e. The summed E-state index contributed by atoms with van der Waals surface area (Å²) in [6.45, 7) is 2.12. The second-order valence-corrected chi connectivity index (χ2v) is 5.92. The number of benzene rings is 1. The van der Waals surface area contributed by atoms with Gasteiger partial charge >= 0.3 is 6.18 Å². The van der Waals surface area contributed by atoms with Gasteiger partial charge in [-0.3, -0.25) is 4.99 Å². The highest BCUT2D eigenvalue weighted by atomic mass is 19.4. The van der Waals surface area contributed by atoms with Crippen LogP contribution in [-0.2, 0) is 6.54 Å². The smallest absolute Gasteiger partial charge is 0.356 e. The molecule has 0 saturated carbocycles. The standard InChI is InChI=1S/C18H25F3N4/c1-22-17(23-11-5-4-10-18(19,20)21)24-12-6-13-25-14-9-15-7-2-3-8-16(15)25/h2-3,7-9,14H,4-6,10-13H2,1H3,(H2,22,23,24). The first kappa shape index (κ1) is 19.1. The summed E-state index contributed by atoms with van der Waals surface area (Å²) >= 11 is 0. The Bertz CT molecular complexity index is 676. The van der Waals surface area contributed by atoms with Crippen LogP contribution in [0.15, 0.2) is 41.5 Å². The van der Waals surface area contributed by atoms with Crippen molar-refractivity contribution >= 4 is 16.9 Å². The molecule has 0 amide bonds. The summed E-state index contributed by atoms with van der Waals surface area (Å²) in [6.07, 6.45) is -1.19. The Balaban J connectivity index is 1.63. The van der Waals surface area contributed by atoms with Crippen LogP contribution in [0, 0.1) is 0 Å². The van der Waals surface area contributed by atoms with Gasteiger partial charge < -0.3 is 15.2 Å². The minimum atomic E-state index is -4.07. The fourth-order valence-corrected chi connectivity index (χ4v) is 2.67. The Hall–Kier alpha value is -2.18. The fraction of sp³-hybridized carbons (Fsp3) is 0.500. The molecule has 0 atom stereocenters. The Morgan fingerprint density at radius 2 is 1.76 bits per heavy atom. The van der Waals surface area contributed by atoms with Gasteiger partial charge in [0, 0.05) is 44.8 Å². The molecule has 0 saturated heterocycles. The zero-order valence-electron chi connectivity index (χ0n) is 14.4. The monoisotopic (exact) mass is 354 g/mol. The van der Waals surface area contributed by atoms with E-state index >= 15 is 0 Å². The molecule has 1 aromatic carbocycles. The molecule has 0 unspecified atom stereocenters. The number of rotatable bonds is 8. The highest BCUT2D eigenvalue weighted by Crippen LogP contribution is 2.21. The van der Waals surface area contributed by atoms with Gasteiger partial charge in [0.25, 0.3) is 0 Å². The molecule has 2 aromatic rings. The Morgan fingerprint density at radius 3 is 2.48 bits per heavy atom. The molecular formula is C18H25F3N4. The topological polar surface area (TPSA) is 41.4 Å². The second kappa shape index (κ2) is 9.34. The number of guanidine groups is 1. The number of hydrogen-bond donors (Lipinski definition) is 2. The first-order valence-corrected chi connectivity index (χ1v) is 8.55. The average Bonchev–Trinajstić information content (AvgIpc) is 2.98. The number of aryl methyl sites for hydroxylation is 1. The van der Waals surface area contributed by atoms with E-state index in [2.05, 4.69) is 44.6 Å². The van der Waals surface area contributed by atoms with Crippen molar-refractivity contribution in [2.75, 3.05) is 20.1 Å². The van der Waals surface area contributed by atoms with Crippen molar-refractivity contribution in [3.8, 4) is 0 Å². The molecule has 1 aromatic heterocycles. The van der Waals surface area contributed by atoms with Crippen LogP contribution in [0.3, 0.4) is 0 Å². The fourth-order valence-electron chi connectivity index (χ4n) is 2.67. The molecule has 2 rings (SSSR count). The molecule has 25 heavy (non-hydrogen) atoms. The summed E-state index contributed by atoms with van der Waals surface area (Å²) in [5.41, 5.74) is 1.22. The molecule has 0 fully saturated rings. The lowest BCUT2D eigenvalue weighted by Crippen LogP contribution is -2.38. The van der Waals surface area contributed by atoms with Gasteiger partial charge in [-0.2, -0.15) is 13.2 Å². The summed E-state index contributed by atoms with van der Waals surface area (Å²) in [6, 6.07) is 10.4. The van der Waals surface area contributed by atoms with Crippen LogP contribution >= 0.6 is 0 Å². The maximum Gasteiger partial charge on any atom is 0.389 e. The molecule has 4 nitrogen and oxygen atoms in total. The molecule has 0 aliphatic carbocycles. The first-order chi connectivity index (χ1) is 12.0. The number of aliphatic imine (C=N–C) groups is 1. The average molecular weight is 354 g/mol.